The third-order valence-electron chi connectivity index (χ3n) is 4.42. The van der Waals surface area contributed by atoms with E-state index in [1.807, 2.05) is 24.3 Å². The van der Waals surface area contributed by atoms with E-state index in [9.17, 15) is 19.5 Å². The highest BCUT2D eigenvalue weighted by molar-refractivity contribution is 6.03. The van der Waals surface area contributed by atoms with Crippen molar-refractivity contribution in [3.63, 3.8) is 0 Å². The molecule has 0 bridgehead atoms. The van der Waals surface area contributed by atoms with Crippen LogP contribution in [0.1, 0.15) is 10.4 Å². The summed E-state index contributed by atoms with van der Waals surface area (Å²) in [5.74, 6) is -1.97. The van der Waals surface area contributed by atoms with Crippen molar-refractivity contribution < 1.29 is 24.5 Å². The van der Waals surface area contributed by atoms with Crippen molar-refractivity contribution in [1.82, 2.24) is 9.88 Å². The van der Waals surface area contributed by atoms with E-state index in [1.165, 1.54) is 11.6 Å². The predicted molar refractivity (Wildman–Crippen MR) is 103 cm³/mol. The Morgan fingerprint density at radius 1 is 1.11 bits per heavy atom. The molecular formula is C20H18N2O6. The van der Waals surface area contributed by atoms with Gasteiger partial charge in [0, 0.05) is 12.4 Å². The largest absolute Gasteiger partial charge is 0.506 e. The Labute approximate surface area is 159 Å². The van der Waals surface area contributed by atoms with E-state index in [0.29, 0.717) is 16.7 Å². The number of fused-ring (bicyclic) bond motifs is 1. The van der Waals surface area contributed by atoms with Gasteiger partial charge in [-0.3, -0.25) is 14.4 Å². The second kappa shape index (κ2) is 7.43. The predicted octanol–water partition coefficient (Wildman–Crippen LogP) is 1.73. The molecule has 0 atom stereocenters. The summed E-state index contributed by atoms with van der Waals surface area (Å²) in [7, 11) is 3.06. The van der Waals surface area contributed by atoms with Crippen LogP contribution in [0.5, 0.6) is 11.5 Å². The van der Waals surface area contributed by atoms with Gasteiger partial charge in [-0.15, -0.1) is 0 Å². The minimum Gasteiger partial charge on any atom is -0.506 e. The summed E-state index contributed by atoms with van der Waals surface area (Å²) in [6.45, 7) is -0.657. The van der Waals surface area contributed by atoms with E-state index in [1.54, 1.807) is 25.3 Å². The minimum atomic E-state index is -1.26. The zero-order chi connectivity index (χ0) is 20.4. The summed E-state index contributed by atoms with van der Waals surface area (Å²) in [4.78, 5) is 35.4. The van der Waals surface area contributed by atoms with E-state index >= 15 is 0 Å². The van der Waals surface area contributed by atoms with Gasteiger partial charge in [-0.25, -0.2) is 0 Å². The number of carbonyl (C=O) groups is 2. The number of aliphatic carboxylic acids is 1. The third-order valence-corrected chi connectivity index (χ3v) is 4.42. The Hall–Kier alpha value is -3.81. The molecule has 0 unspecified atom stereocenters. The standard InChI is InChI=1S/C20H18N2O6/c1-22-15-9-12(11-3-6-13(28-2)7-4-11)5-8-14(15)18(25)17(20(22)27)19(26)21-10-16(23)24/h3-9,25H,10H2,1-2H3,(H,21,26)(H,23,24). The number of pyridine rings is 1. The number of aromatic nitrogens is 1. The number of carboxylic acids is 1. The fraction of sp³-hybridized carbons (Fsp3) is 0.150. The molecule has 0 spiro atoms. The second-order valence-corrected chi connectivity index (χ2v) is 6.12. The summed E-state index contributed by atoms with van der Waals surface area (Å²) < 4.78 is 6.39. The SMILES string of the molecule is COc1ccc(-c2ccc3c(O)c(C(=O)NCC(=O)O)c(=O)n(C)c3c2)cc1. The topological polar surface area (TPSA) is 118 Å². The van der Waals surface area contributed by atoms with Crippen LogP contribution in [0, 0.1) is 0 Å². The normalized spacial score (nSPS) is 10.6. The van der Waals surface area contributed by atoms with Gasteiger partial charge in [0.05, 0.1) is 12.6 Å². The van der Waals surface area contributed by atoms with Crippen LogP contribution in [0.25, 0.3) is 22.0 Å². The molecule has 3 rings (SSSR count). The molecule has 0 fully saturated rings. The van der Waals surface area contributed by atoms with Crippen molar-refractivity contribution in [3.8, 4) is 22.6 Å². The molecule has 8 nitrogen and oxygen atoms in total. The highest BCUT2D eigenvalue weighted by atomic mass is 16.5. The Bertz CT molecular complexity index is 1130. The van der Waals surface area contributed by atoms with Crippen molar-refractivity contribution in [1.29, 1.82) is 0 Å². The number of ether oxygens (including phenoxy) is 1. The number of aromatic hydroxyl groups is 1. The van der Waals surface area contributed by atoms with E-state index in [4.69, 9.17) is 9.84 Å². The number of amides is 1. The number of hydrogen-bond acceptors (Lipinski definition) is 5. The quantitative estimate of drug-likeness (QED) is 0.619. The zero-order valence-electron chi connectivity index (χ0n) is 15.2. The number of nitrogens with zero attached hydrogens (tertiary/aromatic N) is 1. The highest BCUT2D eigenvalue weighted by Gasteiger charge is 2.21. The lowest BCUT2D eigenvalue weighted by Crippen LogP contribution is -2.35. The lowest BCUT2D eigenvalue weighted by molar-refractivity contribution is -0.135. The van der Waals surface area contributed by atoms with Crippen LogP contribution in [-0.4, -0.2) is 40.3 Å². The van der Waals surface area contributed by atoms with Gasteiger partial charge in [0.15, 0.2) is 0 Å². The number of rotatable bonds is 5. The van der Waals surface area contributed by atoms with E-state index in [-0.39, 0.29) is 0 Å². The van der Waals surface area contributed by atoms with E-state index in [0.717, 1.165) is 11.1 Å². The first kappa shape index (κ1) is 19.0. The summed E-state index contributed by atoms with van der Waals surface area (Å²) in [5.41, 5.74) is 0.921. The molecule has 0 aliphatic rings. The summed E-state index contributed by atoms with van der Waals surface area (Å²) in [6.07, 6.45) is 0. The minimum absolute atomic E-state index is 0.305. The number of benzene rings is 2. The molecule has 28 heavy (non-hydrogen) atoms. The smallest absolute Gasteiger partial charge is 0.322 e. The highest BCUT2D eigenvalue weighted by Crippen LogP contribution is 2.30. The number of hydrogen-bond donors (Lipinski definition) is 3. The molecule has 0 aliphatic heterocycles. The molecule has 3 N–H and O–H groups in total. The van der Waals surface area contributed by atoms with Crippen molar-refractivity contribution in [3.05, 3.63) is 58.4 Å². The van der Waals surface area contributed by atoms with Crippen LogP contribution in [0.15, 0.2) is 47.3 Å². The molecule has 8 heteroatoms. The first-order valence-electron chi connectivity index (χ1n) is 8.33. The number of carbonyl (C=O) groups excluding carboxylic acids is 1. The van der Waals surface area contributed by atoms with Gasteiger partial charge >= 0.3 is 5.97 Å². The fourth-order valence-corrected chi connectivity index (χ4v) is 2.93. The number of methoxy groups -OCH3 is 1. The molecule has 1 amide bonds. The summed E-state index contributed by atoms with van der Waals surface area (Å²) in [5, 5.41) is 21.6. The molecule has 3 aromatic rings. The van der Waals surface area contributed by atoms with Crippen molar-refractivity contribution in [2.24, 2.45) is 7.05 Å². The third kappa shape index (κ3) is 3.39. The number of aryl methyl sites for hydroxylation is 1. The van der Waals surface area contributed by atoms with Crippen LogP contribution in [0.2, 0.25) is 0 Å². The first-order chi connectivity index (χ1) is 13.3. The lowest BCUT2D eigenvalue weighted by atomic mass is 10.0. The van der Waals surface area contributed by atoms with Gasteiger partial charge in [-0.05, 0) is 35.4 Å². The molecule has 0 aliphatic carbocycles. The van der Waals surface area contributed by atoms with Gasteiger partial charge in [0.25, 0.3) is 11.5 Å². The lowest BCUT2D eigenvalue weighted by Gasteiger charge is -2.13. The average Bonchev–Trinajstić information content (AvgIpc) is 2.70. The maximum absolute atomic E-state index is 12.6. The van der Waals surface area contributed by atoms with Crippen LogP contribution >= 0.6 is 0 Å². The van der Waals surface area contributed by atoms with Crippen molar-refractivity contribution in [2.75, 3.05) is 13.7 Å². The maximum Gasteiger partial charge on any atom is 0.322 e. The van der Waals surface area contributed by atoms with Gasteiger partial charge in [-0.1, -0.05) is 18.2 Å². The summed E-state index contributed by atoms with van der Waals surface area (Å²) >= 11 is 0. The molecule has 1 heterocycles. The van der Waals surface area contributed by atoms with Crippen LogP contribution in [0.4, 0.5) is 0 Å². The first-order valence-corrected chi connectivity index (χ1v) is 8.33. The second-order valence-electron chi connectivity index (χ2n) is 6.12. The fourth-order valence-electron chi connectivity index (χ4n) is 2.93. The summed E-state index contributed by atoms with van der Waals surface area (Å²) in [6, 6.07) is 12.5. The van der Waals surface area contributed by atoms with Gasteiger partial charge in [0.1, 0.15) is 23.6 Å². The molecule has 0 saturated carbocycles. The van der Waals surface area contributed by atoms with Gasteiger partial charge < -0.3 is 24.8 Å². The molecule has 1 aromatic heterocycles. The Morgan fingerprint density at radius 2 is 1.75 bits per heavy atom. The van der Waals surface area contributed by atoms with Crippen molar-refractivity contribution >= 4 is 22.8 Å². The van der Waals surface area contributed by atoms with Crippen LogP contribution in [-0.2, 0) is 11.8 Å². The van der Waals surface area contributed by atoms with E-state index < -0.39 is 35.3 Å². The molecule has 0 radical (unpaired) electrons. The maximum atomic E-state index is 12.6. The molecule has 0 saturated heterocycles. The zero-order valence-corrected chi connectivity index (χ0v) is 15.2. The van der Waals surface area contributed by atoms with E-state index in [2.05, 4.69) is 5.32 Å². The number of carboxylic acid groups (broad SMARTS) is 1. The molecule has 2 aromatic carbocycles. The number of nitrogens with one attached hydrogen (secondary N) is 1. The average molecular weight is 382 g/mol. The Balaban J connectivity index is 2.11. The Kier molecular flexibility index (Phi) is 5.04. The molecular weight excluding hydrogens is 364 g/mol. The van der Waals surface area contributed by atoms with Crippen LogP contribution in [0.3, 0.4) is 0 Å². The van der Waals surface area contributed by atoms with Gasteiger partial charge in [-0.2, -0.15) is 0 Å². The van der Waals surface area contributed by atoms with Crippen molar-refractivity contribution in [2.45, 2.75) is 0 Å². The molecule has 144 valence electrons. The Morgan fingerprint density at radius 3 is 2.36 bits per heavy atom. The van der Waals surface area contributed by atoms with Crippen LogP contribution < -0.4 is 15.6 Å². The van der Waals surface area contributed by atoms with Gasteiger partial charge in [0.2, 0.25) is 0 Å². The monoisotopic (exact) mass is 382 g/mol.